The van der Waals surface area contributed by atoms with Crippen LogP contribution in [0.1, 0.15) is 41.5 Å². The van der Waals surface area contributed by atoms with Crippen LogP contribution in [0.4, 0.5) is 0 Å². The van der Waals surface area contributed by atoms with E-state index in [-0.39, 0.29) is 10.3 Å². The van der Waals surface area contributed by atoms with Crippen molar-refractivity contribution in [3.8, 4) is 0 Å². The first-order valence-electron chi connectivity index (χ1n) is 6.43. The molecular weight excluding hydrogens is 275 g/mol. The van der Waals surface area contributed by atoms with Crippen LogP contribution in [0.3, 0.4) is 0 Å². The second kappa shape index (κ2) is 4.11. The van der Waals surface area contributed by atoms with E-state index >= 15 is 0 Å². The third-order valence-corrected chi connectivity index (χ3v) is 17.9. The van der Waals surface area contributed by atoms with Gasteiger partial charge in [-0.1, -0.05) is 82.9 Å². The smallest absolute Gasteiger partial charge is 0.0233 e. The molecule has 1 aliphatic heterocycles. The van der Waals surface area contributed by atoms with Gasteiger partial charge in [-0.05, 0) is 17.5 Å². The van der Waals surface area contributed by atoms with Gasteiger partial charge in [0.15, 0.2) is 0 Å². The van der Waals surface area contributed by atoms with E-state index in [0.717, 1.165) is 0 Å². The van der Waals surface area contributed by atoms with Crippen LogP contribution in [0.2, 0.25) is 0 Å². The first-order valence-corrected chi connectivity index (χ1v) is 10.7. The molecule has 3 heteroatoms. The fourth-order valence-electron chi connectivity index (χ4n) is 2.99. The molecule has 0 aliphatic carbocycles. The van der Waals surface area contributed by atoms with Gasteiger partial charge < -0.3 is 0 Å². The highest BCUT2D eigenvalue weighted by atomic mass is 32.9. The molecule has 0 N–H and O–H groups in total. The molecule has 100 valence electrons. The van der Waals surface area contributed by atoms with Crippen molar-refractivity contribution in [3.05, 3.63) is 30.3 Å². The topological polar surface area (TPSA) is 0 Å². The summed E-state index contributed by atoms with van der Waals surface area (Å²) in [4.78, 5) is 1.33. The Hall–Kier alpha value is 0.220. The molecule has 1 fully saturated rings. The maximum atomic E-state index is 6.21. The Balaban J connectivity index is 2.41. The quantitative estimate of drug-likeness (QED) is 0.636. The molecule has 0 aromatic heterocycles. The standard InChI is InChI=1S/C15H23PS2/c1-13(2)14(3,4)16(17,15(13,5)6)18-12-10-8-7-9-11-12/h7-11H,1-6H3. The summed E-state index contributed by atoms with van der Waals surface area (Å²) >= 11 is 8.18. The predicted octanol–water partition coefficient (Wildman–Crippen LogP) is 5.77. The Labute approximate surface area is 121 Å². The summed E-state index contributed by atoms with van der Waals surface area (Å²) in [5.74, 6) is 0. The lowest BCUT2D eigenvalue weighted by Crippen LogP contribution is -2.64. The van der Waals surface area contributed by atoms with Gasteiger partial charge in [0, 0.05) is 20.4 Å². The van der Waals surface area contributed by atoms with Crippen molar-refractivity contribution in [3.63, 3.8) is 0 Å². The van der Waals surface area contributed by atoms with E-state index in [2.05, 4.69) is 71.9 Å². The average Bonchev–Trinajstić information content (AvgIpc) is 2.28. The van der Waals surface area contributed by atoms with E-state index in [1.165, 1.54) is 4.90 Å². The lowest BCUT2D eigenvalue weighted by Gasteiger charge is -2.72. The van der Waals surface area contributed by atoms with Crippen molar-refractivity contribution in [2.45, 2.75) is 56.8 Å². The lowest BCUT2D eigenvalue weighted by atomic mass is 9.69. The van der Waals surface area contributed by atoms with Crippen LogP contribution in [-0.2, 0) is 11.8 Å². The number of rotatable bonds is 2. The number of hydrogen-bond donors (Lipinski definition) is 0. The summed E-state index contributed by atoms with van der Waals surface area (Å²) < 4.78 is 0. The molecule has 0 bridgehead atoms. The molecule has 18 heavy (non-hydrogen) atoms. The van der Waals surface area contributed by atoms with Crippen molar-refractivity contribution < 1.29 is 0 Å². The van der Waals surface area contributed by atoms with Gasteiger partial charge in [0.05, 0.1) is 0 Å². The Bertz CT molecular complexity index is 478. The third-order valence-electron chi connectivity index (χ3n) is 5.51. The Morgan fingerprint density at radius 3 is 1.78 bits per heavy atom. The summed E-state index contributed by atoms with van der Waals surface area (Å²) in [5.41, 5.74) is 0.303. The summed E-state index contributed by atoms with van der Waals surface area (Å²) in [6.45, 7) is 14.2. The van der Waals surface area contributed by atoms with Gasteiger partial charge in [-0.2, -0.15) is 0 Å². The number of benzene rings is 1. The first kappa shape index (κ1) is 14.6. The van der Waals surface area contributed by atoms with E-state index in [9.17, 15) is 0 Å². The zero-order chi connectivity index (χ0) is 13.8. The van der Waals surface area contributed by atoms with Crippen molar-refractivity contribution in [2.75, 3.05) is 0 Å². The minimum absolute atomic E-state index is 0.249. The van der Waals surface area contributed by atoms with E-state index in [4.69, 9.17) is 11.8 Å². The summed E-state index contributed by atoms with van der Waals surface area (Å²) in [6, 6.07) is 10.7. The molecule has 1 aliphatic rings. The molecule has 0 amide bonds. The second-order valence-electron chi connectivity index (χ2n) is 6.70. The van der Waals surface area contributed by atoms with Gasteiger partial charge >= 0.3 is 0 Å². The average molecular weight is 298 g/mol. The van der Waals surface area contributed by atoms with Crippen LogP contribution in [-0.4, -0.2) is 10.3 Å². The third kappa shape index (κ3) is 1.55. The highest BCUT2D eigenvalue weighted by Crippen LogP contribution is 2.93. The second-order valence-corrected chi connectivity index (χ2v) is 15.2. The first-order chi connectivity index (χ1) is 8.08. The Kier molecular flexibility index (Phi) is 3.34. The van der Waals surface area contributed by atoms with Crippen LogP contribution < -0.4 is 0 Å². The molecule has 1 heterocycles. The molecule has 1 aromatic rings. The number of hydrogen-bond acceptors (Lipinski definition) is 2. The highest BCUT2D eigenvalue weighted by Gasteiger charge is 2.71. The van der Waals surface area contributed by atoms with Crippen LogP contribution in [0.5, 0.6) is 0 Å². The van der Waals surface area contributed by atoms with Crippen molar-refractivity contribution in [1.29, 1.82) is 0 Å². The monoisotopic (exact) mass is 298 g/mol. The summed E-state index contributed by atoms with van der Waals surface area (Å²) in [7, 11) is 0. The van der Waals surface area contributed by atoms with Crippen molar-refractivity contribution in [1.82, 2.24) is 0 Å². The molecule has 0 radical (unpaired) electrons. The zero-order valence-electron chi connectivity index (χ0n) is 12.2. The van der Waals surface area contributed by atoms with Crippen molar-refractivity contribution in [2.24, 2.45) is 5.41 Å². The zero-order valence-corrected chi connectivity index (χ0v) is 14.7. The fourth-order valence-corrected chi connectivity index (χ4v) is 13.4. The van der Waals surface area contributed by atoms with E-state index in [0.29, 0.717) is 5.41 Å². The lowest BCUT2D eigenvalue weighted by molar-refractivity contribution is 0.163. The minimum Gasteiger partial charge on any atom is -0.0871 e. The van der Waals surface area contributed by atoms with E-state index in [1.54, 1.807) is 0 Å². The minimum atomic E-state index is -1.49. The predicted molar refractivity (Wildman–Crippen MR) is 88.5 cm³/mol. The van der Waals surface area contributed by atoms with Gasteiger partial charge in [-0.15, -0.1) is 0 Å². The van der Waals surface area contributed by atoms with Crippen LogP contribution in [0, 0.1) is 5.41 Å². The van der Waals surface area contributed by atoms with E-state index in [1.807, 2.05) is 11.4 Å². The normalized spacial score (nSPS) is 26.3. The van der Waals surface area contributed by atoms with Crippen LogP contribution in [0.25, 0.3) is 0 Å². The maximum Gasteiger partial charge on any atom is 0.0233 e. The largest absolute Gasteiger partial charge is 0.0871 e. The molecule has 0 spiro atoms. The van der Waals surface area contributed by atoms with E-state index < -0.39 is 5.24 Å². The molecule has 0 saturated carbocycles. The van der Waals surface area contributed by atoms with Gasteiger partial charge in [0.2, 0.25) is 0 Å². The molecule has 1 aromatic carbocycles. The Morgan fingerprint density at radius 2 is 1.33 bits per heavy atom. The van der Waals surface area contributed by atoms with Gasteiger partial charge in [0.1, 0.15) is 0 Å². The van der Waals surface area contributed by atoms with Gasteiger partial charge in [0.25, 0.3) is 0 Å². The maximum absolute atomic E-state index is 6.21. The summed E-state index contributed by atoms with van der Waals surface area (Å²) in [5, 5.41) is -0.993. The molecule has 0 unspecified atom stereocenters. The fraction of sp³-hybridized carbons (Fsp3) is 0.600. The molecule has 0 atom stereocenters. The highest BCUT2D eigenvalue weighted by molar-refractivity contribution is 8.72. The molecule has 2 rings (SSSR count). The van der Waals surface area contributed by atoms with Gasteiger partial charge in [-0.3, -0.25) is 0 Å². The summed E-state index contributed by atoms with van der Waals surface area (Å²) in [6.07, 6.45) is 0. The molecular formula is C15H23PS2. The van der Waals surface area contributed by atoms with Crippen LogP contribution in [0.15, 0.2) is 35.2 Å². The van der Waals surface area contributed by atoms with Crippen LogP contribution >= 0.6 is 16.6 Å². The Morgan fingerprint density at radius 1 is 0.889 bits per heavy atom. The van der Waals surface area contributed by atoms with Crippen molar-refractivity contribution >= 4 is 28.4 Å². The molecule has 1 saturated heterocycles. The molecule has 0 nitrogen and oxygen atoms in total. The van der Waals surface area contributed by atoms with Gasteiger partial charge in [-0.25, -0.2) is 0 Å². The SMILES string of the molecule is CC1(C)C(C)(C)P(=S)(Sc2ccccc2)C1(C)C.